The molecule has 2 atom stereocenters. The van der Waals surface area contributed by atoms with Crippen LogP contribution in [0, 0.1) is 0 Å². The number of hydrogen-bond donors (Lipinski definition) is 0. The molecular formula is C46H30N2. The van der Waals surface area contributed by atoms with Crippen molar-refractivity contribution in [2.45, 2.75) is 12.0 Å². The van der Waals surface area contributed by atoms with Crippen molar-refractivity contribution >= 4 is 49.5 Å². The molecule has 0 radical (unpaired) electrons. The summed E-state index contributed by atoms with van der Waals surface area (Å²) in [5.41, 5.74) is 15.4. The Morgan fingerprint density at radius 1 is 0.521 bits per heavy atom. The second-order valence-electron chi connectivity index (χ2n) is 13.2. The predicted octanol–water partition coefficient (Wildman–Crippen LogP) is 11.8. The Morgan fingerprint density at radius 3 is 1.90 bits per heavy atom. The SMILES string of the molecule is C1=CC2c3c(c4c5ccccc5n(-c5cc(-c6ccccc6)cc(-c6ccccc6)c5)c4c4ccccc34)N3c4ccccc4C(=C1)C23. The van der Waals surface area contributed by atoms with Crippen molar-refractivity contribution in [1.82, 2.24) is 4.57 Å². The van der Waals surface area contributed by atoms with Crippen molar-refractivity contribution in [1.29, 1.82) is 0 Å². The van der Waals surface area contributed by atoms with Crippen molar-refractivity contribution in [3.05, 3.63) is 181 Å². The van der Waals surface area contributed by atoms with Crippen LogP contribution >= 0.6 is 0 Å². The van der Waals surface area contributed by atoms with E-state index in [1.54, 1.807) is 0 Å². The van der Waals surface area contributed by atoms with E-state index in [1.807, 2.05) is 0 Å². The van der Waals surface area contributed by atoms with E-state index in [9.17, 15) is 0 Å². The lowest BCUT2D eigenvalue weighted by Crippen LogP contribution is -2.26. The van der Waals surface area contributed by atoms with Crippen LogP contribution in [0.15, 0.2) is 170 Å². The highest BCUT2D eigenvalue weighted by Gasteiger charge is 2.49. The quantitative estimate of drug-likeness (QED) is 0.193. The highest BCUT2D eigenvalue weighted by atomic mass is 15.2. The van der Waals surface area contributed by atoms with Crippen molar-refractivity contribution in [3.63, 3.8) is 0 Å². The molecule has 0 fully saturated rings. The van der Waals surface area contributed by atoms with Gasteiger partial charge in [0, 0.05) is 39.0 Å². The third-order valence-electron chi connectivity index (χ3n) is 10.8. The molecule has 0 spiro atoms. The summed E-state index contributed by atoms with van der Waals surface area (Å²) < 4.78 is 2.54. The van der Waals surface area contributed by atoms with Crippen LogP contribution in [-0.4, -0.2) is 10.6 Å². The van der Waals surface area contributed by atoms with Crippen LogP contribution < -0.4 is 4.90 Å². The summed E-state index contributed by atoms with van der Waals surface area (Å²) >= 11 is 0. The first-order valence-electron chi connectivity index (χ1n) is 16.9. The maximum atomic E-state index is 2.67. The van der Waals surface area contributed by atoms with E-state index in [0.29, 0.717) is 0 Å². The first-order valence-corrected chi connectivity index (χ1v) is 16.9. The molecule has 1 aromatic heterocycles. The molecule has 2 nitrogen and oxygen atoms in total. The predicted molar refractivity (Wildman–Crippen MR) is 201 cm³/mol. The fourth-order valence-corrected chi connectivity index (χ4v) is 8.93. The Balaban J connectivity index is 1.31. The Bertz CT molecular complexity index is 2620. The summed E-state index contributed by atoms with van der Waals surface area (Å²) in [5.74, 6) is 0.287. The van der Waals surface area contributed by atoms with Crippen LogP contribution in [0.4, 0.5) is 11.4 Å². The summed E-state index contributed by atoms with van der Waals surface area (Å²) in [6.07, 6.45) is 7.06. The minimum absolute atomic E-state index is 0.268. The summed E-state index contributed by atoms with van der Waals surface area (Å²) in [4.78, 5) is 2.67. The summed E-state index contributed by atoms with van der Waals surface area (Å²) in [5, 5.41) is 5.27. The molecule has 0 N–H and O–H groups in total. The maximum absolute atomic E-state index is 2.67. The Hall–Kier alpha value is -6.12. The number of aromatic nitrogens is 1. The number of anilines is 2. The molecule has 0 bridgehead atoms. The van der Waals surface area contributed by atoms with Gasteiger partial charge in [0.2, 0.25) is 0 Å². The average molecular weight is 611 g/mol. The lowest BCUT2D eigenvalue weighted by molar-refractivity contribution is 0.785. The number of hydrogen-bond acceptors (Lipinski definition) is 1. The fraction of sp³-hybridized carbons (Fsp3) is 0.0435. The van der Waals surface area contributed by atoms with E-state index in [2.05, 4.69) is 179 Å². The van der Waals surface area contributed by atoms with Crippen LogP contribution in [0.5, 0.6) is 0 Å². The van der Waals surface area contributed by atoms with Gasteiger partial charge in [-0.1, -0.05) is 140 Å². The van der Waals surface area contributed by atoms with E-state index in [4.69, 9.17) is 0 Å². The van der Waals surface area contributed by atoms with Gasteiger partial charge in [-0.15, -0.1) is 0 Å². The van der Waals surface area contributed by atoms with Gasteiger partial charge in [-0.2, -0.15) is 0 Å². The van der Waals surface area contributed by atoms with Gasteiger partial charge >= 0.3 is 0 Å². The molecule has 3 heterocycles. The van der Waals surface area contributed by atoms with Gasteiger partial charge in [-0.3, -0.25) is 0 Å². The van der Waals surface area contributed by atoms with E-state index in [0.717, 1.165) is 0 Å². The molecule has 2 unspecified atom stereocenters. The van der Waals surface area contributed by atoms with Crippen LogP contribution in [0.2, 0.25) is 0 Å². The minimum Gasteiger partial charge on any atom is -0.332 e. The molecule has 2 heteroatoms. The number of allylic oxidation sites excluding steroid dienone is 2. The molecule has 1 aliphatic carbocycles. The summed E-state index contributed by atoms with van der Waals surface area (Å²) in [6.45, 7) is 0. The molecule has 0 amide bonds. The van der Waals surface area contributed by atoms with Crippen molar-refractivity contribution in [2.75, 3.05) is 4.90 Å². The van der Waals surface area contributed by atoms with Gasteiger partial charge < -0.3 is 9.47 Å². The molecule has 8 aromatic rings. The standard InChI is InChI=1S/C46H30N2/c1-3-14-29(15-4-1)31-26-32(30-16-5-2-6-17-30)28-33(27-31)47-41-25-12-10-21-38(41)43-45(47)37-20-8-7-19-35(37)42-39-23-13-22-36-34-18-9-11-24-40(34)48(44(36)39)46(42)43/h1-28,39,44H. The van der Waals surface area contributed by atoms with Gasteiger partial charge in [-0.25, -0.2) is 0 Å². The van der Waals surface area contributed by atoms with E-state index < -0.39 is 0 Å². The second kappa shape index (κ2) is 9.70. The second-order valence-corrected chi connectivity index (χ2v) is 13.2. The maximum Gasteiger partial charge on any atom is 0.0702 e. The number of para-hydroxylation sites is 2. The lowest BCUT2D eigenvalue weighted by Gasteiger charge is -2.24. The van der Waals surface area contributed by atoms with E-state index in [1.165, 1.54) is 88.6 Å². The van der Waals surface area contributed by atoms with E-state index in [-0.39, 0.29) is 12.0 Å². The summed E-state index contributed by atoms with van der Waals surface area (Å²) in [6, 6.07) is 56.1. The normalized spacial score (nSPS) is 17.2. The molecule has 7 aromatic carbocycles. The monoisotopic (exact) mass is 610 g/mol. The molecule has 224 valence electrons. The number of benzene rings is 7. The van der Waals surface area contributed by atoms with Crippen molar-refractivity contribution in [2.24, 2.45) is 0 Å². The molecule has 3 aliphatic rings. The first kappa shape index (κ1) is 26.0. The molecule has 11 rings (SSSR count). The molecule has 2 aliphatic heterocycles. The van der Waals surface area contributed by atoms with Crippen LogP contribution in [0.25, 0.3) is 66.1 Å². The Morgan fingerprint density at radius 2 is 1.15 bits per heavy atom. The zero-order valence-electron chi connectivity index (χ0n) is 26.2. The Kier molecular flexibility index (Phi) is 5.25. The highest BCUT2D eigenvalue weighted by molar-refractivity contribution is 6.27. The van der Waals surface area contributed by atoms with Crippen molar-refractivity contribution in [3.8, 4) is 27.9 Å². The van der Waals surface area contributed by atoms with Gasteiger partial charge in [0.15, 0.2) is 0 Å². The van der Waals surface area contributed by atoms with E-state index >= 15 is 0 Å². The zero-order chi connectivity index (χ0) is 31.3. The van der Waals surface area contributed by atoms with Crippen LogP contribution in [-0.2, 0) is 0 Å². The minimum atomic E-state index is 0.268. The van der Waals surface area contributed by atoms with Gasteiger partial charge in [0.1, 0.15) is 0 Å². The number of rotatable bonds is 3. The fourth-order valence-electron chi connectivity index (χ4n) is 8.93. The smallest absolute Gasteiger partial charge is 0.0702 e. The molecule has 0 saturated carbocycles. The first-order chi connectivity index (χ1) is 23.8. The third kappa shape index (κ3) is 3.41. The average Bonchev–Trinajstić information content (AvgIpc) is 3.81. The molecular weight excluding hydrogens is 581 g/mol. The molecule has 48 heavy (non-hydrogen) atoms. The van der Waals surface area contributed by atoms with Crippen LogP contribution in [0.3, 0.4) is 0 Å². The number of fused-ring (bicyclic) bond motifs is 13. The third-order valence-corrected chi connectivity index (χ3v) is 10.8. The lowest BCUT2D eigenvalue weighted by atomic mass is 9.82. The molecule has 0 saturated heterocycles. The van der Waals surface area contributed by atoms with Crippen LogP contribution in [0.1, 0.15) is 17.0 Å². The topological polar surface area (TPSA) is 8.17 Å². The zero-order valence-corrected chi connectivity index (χ0v) is 26.2. The Labute approximate surface area is 279 Å². The summed E-state index contributed by atoms with van der Waals surface area (Å²) in [7, 11) is 0. The van der Waals surface area contributed by atoms with Gasteiger partial charge in [-0.05, 0) is 69.1 Å². The highest BCUT2D eigenvalue weighted by Crippen LogP contribution is 2.62. The van der Waals surface area contributed by atoms with Crippen molar-refractivity contribution < 1.29 is 0 Å². The number of nitrogens with zero attached hydrogens (tertiary/aromatic N) is 2. The van der Waals surface area contributed by atoms with Gasteiger partial charge in [0.05, 0.1) is 22.8 Å². The largest absolute Gasteiger partial charge is 0.332 e. The van der Waals surface area contributed by atoms with Gasteiger partial charge in [0.25, 0.3) is 0 Å².